The summed E-state index contributed by atoms with van der Waals surface area (Å²) in [5.74, 6) is 0. The second-order valence-electron chi connectivity index (χ2n) is 24.0. The lowest BCUT2D eigenvalue weighted by Crippen LogP contribution is -2.17. The van der Waals surface area contributed by atoms with Crippen LogP contribution in [-0.2, 0) is 16.2 Å². The van der Waals surface area contributed by atoms with E-state index in [9.17, 15) is 0 Å². The minimum Gasteiger partial charge on any atom is -0.309 e. The molecule has 0 N–H and O–H groups in total. The fraction of sp³-hybridized carbons (Fsp3) is 0.162. The maximum Gasteiger partial charge on any atom is 0.0887 e. The van der Waals surface area contributed by atoms with Crippen molar-refractivity contribution in [3.05, 3.63) is 252 Å². The number of halogens is 1. The van der Waals surface area contributed by atoms with Crippen molar-refractivity contribution in [2.24, 2.45) is 0 Å². The fourth-order valence-electron chi connectivity index (χ4n) is 11.3. The topological polar surface area (TPSA) is 6.48 Å². The van der Waals surface area contributed by atoms with Crippen LogP contribution < -0.4 is 9.80 Å². The predicted molar refractivity (Wildman–Crippen MR) is 341 cm³/mol. The maximum atomic E-state index is 8.36. The molecule has 0 unspecified atom stereocenters. The van der Waals surface area contributed by atoms with Crippen molar-refractivity contribution >= 4 is 99.5 Å². The molecule has 0 atom stereocenters. The molecule has 0 fully saturated rings. The summed E-state index contributed by atoms with van der Waals surface area (Å²) in [5, 5.41) is 11.7. The van der Waals surface area contributed by atoms with E-state index in [1.807, 2.05) is 0 Å². The standard InChI is InChI=1S/C74H65ClN2S/c1-72(2,3)53-32-36-56(37-33-53)76(57-42-51(48-21-12-10-13-22-48)41-52(43-57)49-23-14-11-15-24-49)67-29-20-30-68(71(67)75)77(69-47-78-70-40-35-55(46-65(69)70)74(7,8)9)66-39-34-54(73(4,5)6)45-63(66)50-31-38-62-60-27-17-16-25-58(60)59-26-18-19-28-61(59)64(62)44-50/h10-47H,1-9H3. The summed E-state index contributed by atoms with van der Waals surface area (Å²) in [6.07, 6.45) is 0. The zero-order chi connectivity index (χ0) is 54.1. The van der Waals surface area contributed by atoms with Gasteiger partial charge >= 0.3 is 0 Å². The Kier molecular flexibility index (Phi) is 12.9. The normalized spacial score (nSPS) is 12.2. The molecule has 4 heteroatoms. The molecule has 384 valence electrons. The Morgan fingerprint density at radius 1 is 0.308 bits per heavy atom. The first-order chi connectivity index (χ1) is 37.5. The van der Waals surface area contributed by atoms with E-state index >= 15 is 0 Å². The summed E-state index contributed by atoms with van der Waals surface area (Å²) in [7, 11) is 0. The highest BCUT2D eigenvalue weighted by Gasteiger charge is 2.29. The molecule has 1 heterocycles. The van der Waals surface area contributed by atoms with Crippen LogP contribution in [0.4, 0.5) is 34.1 Å². The van der Waals surface area contributed by atoms with Gasteiger partial charge in [-0.1, -0.05) is 226 Å². The van der Waals surface area contributed by atoms with Gasteiger partial charge in [-0.05, 0) is 166 Å². The zero-order valence-corrected chi connectivity index (χ0v) is 47.7. The summed E-state index contributed by atoms with van der Waals surface area (Å²) in [4.78, 5) is 4.82. The third-order valence-electron chi connectivity index (χ3n) is 15.6. The summed E-state index contributed by atoms with van der Waals surface area (Å²) >= 11 is 10.1. The highest BCUT2D eigenvalue weighted by molar-refractivity contribution is 7.17. The van der Waals surface area contributed by atoms with Crippen molar-refractivity contribution in [1.29, 1.82) is 0 Å². The third-order valence-corrected chi connectivity index (χ3v) is 17.0. The lowest BCUT2D eigenvalue weighted by Gasteiger charge is -2.33. The molecule has 0 aliphatic carbocycles. The van der Waals surface area contributed by atoms with Crippen molar-refractivity contribution in [2.75, 3.05) is 9.80 Å². The monoisotopic (exact) mass is 1050 g/mol. The van der Waals surface area contributed by atoms with Crippen molar-refractivity contribution in [2.45, 2.75) is 78.6 Å². The lowest BCUT2D eigenvalue weighted by atomic mass is 9.84. The second kappa shape index (κ2) is 19.8. The fourth-order valence-corrected chi connectivity index (χ4v) is 12.5. The van der Waals surface area contributed by atoms with Gasteiger partial charge in [0.15, 0.2) is 0 Å². The van der Waals surface area contributed by atoms with Gasteiger partial charge in [-0.25, -0.2) is 0 Å². The van der Waals surface area contributed by atoms with Crippen molar-refractivity contribution in [1.82, 2.24) is 0 Å². The molecular weight excluding hydrogens is 984 g/mol. The summed E-state index contributed by atoms with van der Waals surface area (Å²) < 4.78 is 1.22. The number of anilines is 6. The van der Waals surface area contributed by atoms with Gasteiger partial charge in [0.25, 0.3) is 0 Å². The molecule has 11 aromatic carbocycles. The van der Waals surface area contributed by atoms with E-state index in [2.05, 4.69) is 302 Å². The van der Waals surface area contributed by atoms with Gasteiger partial charge in [-0.2, -0.15) is 0 Å². The van der Waals surface area contributed by atoms with Crippen molar-refractivity contribution in [3.8, 4) is 33.4 Å². The largest absolute Gasteiger partial charge is 0.309 e. The van der Waals surface area contributed by atoms with Gasteiger partial charge in [-0.15, -0.1) is 11.3 Å². The molecule has 0 saturated carbocycles. The average molecular weight is 1050 g/mol. The highest BCUT2D eigenvalue weighted by Crippen LogP contribution is 2.53. The SMILES string of the molecule is CC(C)(C)c1ccc(N(c2cc(-c3ccccc3)cc(-c3ccccc3)c2)c2cccc(N(c3ccc(C(C)(C)C)cc3-c3ccc4c5ccccc5c5ccccc5c4c3)c3csc4ccc(C(C)(C)C)cc34)c2Cl)cc1. The molecule has 78 heavy (non-hydrogen) atoms. The van der Waals surface area contributed by atoms with Crippen LogP contribution in [0.3, 0.4) is 0 Å². The lowest BCUT2D eigenvalue weighted by molar-refractivity contribution is 0.590. The van der Waals surface area contributed by atoms with Crippen LogP contribution >= 0.6 is 22.9 Å². The van der Waals surface area contributed by atoms with Crippen LogP contribution in [0.1, 0.15) is 79.0 Å². The minimum atomic E-state index is -0.123. The van der Waals surface area contributed by atoms with E-state index in [0.29, 0.717) is 5.02 Å². The predicted octanol–water partition coefficient (Wildman–Crippen LogP) is 22.8. The van der Waals surface area contributed by atoms with Crippen LogP contribution in [0.15, 0.2) is 230 Å². The first-order valence-corrected chi connectivity index (χ1v) is 28.5. The van der Waals surface area contributed by atoms with Gasteiger partial charge in [0.1, 0.15) is 0 Å². The van der Waals surface area contributed by atoms with Gasteiger partial charge in [0.2, 0.25) is 0 Å². The first-order valence-electron chi connectivity index (χ1n) is 27.2. The molecule has 12 aromatic rings. The van der Waals surface area contributed by atoms with Gasteiger partial charge < -0.3 is 9.80 Å². The molecule has 0 saturated heterocycles. The smallest absolute Gasteiger partial charge is 0.0887 e. The Labute approximate surface area is 469 Å². The van der Waals surface area contributed by atoms with Gasteiger partial charge in [-0.3, -0.25) is 0 Å². The molecule has 12 rings (SSSR count). The summed E-state index contributed by atoms with van der Waals surface area (Å²) in [6, 6.07) is 82.9. The van der Waals surface area contributed by atoms with Crippen LogP contribution in [0.25, 0.3) is 75.8 Å². The number of hydrogen-bond acceptors (Lipinski definition) is 3. The number of thiophene rings is 1. The molecule has 2 nitrogen and oxygen atoms in total. The quantitative estimate of drug-likeness (QED) is 0.133. The Morgan fingerprint density at radius 3 is 1.36 bits per heavy atom. The zero-order valence-electron chi connectivity index (χ0n) is 46.1. The molecule has 0 radical (unpaired) electrons. The molecule has 0 bridgehead atoms. The Balaban J connectivity index is 1.14. The number of nitrogens with zero attached hydrogens (tertiary/aromatic N) is 2. The summed E-state index contributed by atoms with van der Waals surface area (Å²) in [5.41, 5.74) is 16.3. The molecular formula is C74H65ClN2S. The second-order valence-corrected chi connectivity index (χ2v) is 25.3. The van der Waals surface area contributed by atoms with Crippen LogP contribution in [0, 0.1) is 0 Å². The van der Waals surface area contributed by atoms with Crippen LogP contribution in [0.2, 0.25) is 5.02 Å². The molecule has 0 spiro atoms. The summed E-state index contributed by atoms with van der Waals surface area (Å²) in [6.45, 7) is 20.6. The average Bonchev–Trinajstić information content (AvgIpc) is 4.05. The van der Waals surface area contributed by atoms with Crippen molar-refractivity contribution in [3.63, 3.8) is 0 Å². The Morgan fingerprint density at radius 2 is 0.795 bits per heavy atom. The Bertz CT molecular complexity index is 4120. The molecule has 0 aliphatic heterocycles. The van der Waals surface area contributed by atoms with Crippen LogP contribution in [-0.4, -0.2) is 0 Å². The van der Waals surface area contributed by atoms with E-state index in [1.165, 1.54) is 59.1 Å². The first kappa shape index (κ1) is 50.8. The van der Waals surface area contributed by atoms with Crippen molar-refractivity contribution < 1.29 is 0 Å². The van der Waals surface area contributed by atoms with E-state index < -0.39 is 0 Å². The number of rotatable bonds is 9. The Hall–Kier alpha value is -7.95. The molecule has 0 aliphatic rings. The minimum absolute atomic E-state index is 0.0303. The molecule has 0 amide bonds. The van der Waals surface area contributed by atoms with Gasteiger partial charge in [0.05, 0.1) is 27.8 Å². The van der Waals surface area contributed by atoms with E-state index in [4.69, 9.17) is 11.6 Å². The molecule has 1 aromatic heterocycles. The number of hydrogen-bond donors (Lipinski definition) is 0. The maximum absolute atomic E-state index is 8.36. The van der Waals surface area contributed by atoms with E-state index in [-0.39, 0.29) is 16.2 Å². The van der Waals surface area contributed by atoms with E-state index in [1.54, 1.807) is 11.3 Å². The highest BCUT2D eigenvalue weighted by atomic mass is 35.5. The van der Waals surface area contributed by atoms with Crippen LogP contribution in [0.5, 0.6) is 0 Å². The number of fused-ring (bicyclic) bond motifs is 7. The number of benzene rings is 11. The van der Waals surface area contributed by atoms with Gasteiger partial charge in [0, 0.05) is 32.4 Å². The van der Waals surface area contributed by atoms with E-state index in [0.717, 1.165) is 67.5 Å². The third kappa shape index (κ3) is 9.44.